The zero-order chi connectivity index (χ0) is 17.9. The topological polar surface area (TPSA) is 55.4 Å². The molecule has 25 heavy (non-hydrogen) atoms. The summed E-state index contributed by atoms with van der Waals surface area (Å²) in [4.78, 5) is 0.233. The Hall–Kier alpha value is -2.79. The van der Waals surface area contributed by atoms with E-state index in [-0.39, 0.29) is 4.90 Å². The van der Waals surface area contributed by atoms with Gasteiger partial charge in [-0.05, 0) is 48.9 Å². The normalized spacial score (nSPS) is 11.1. The number of hydrogen-bond donors (Lipinski definition) is 1. The van der Waals surface area contributed by atoms with Crippen LogP contribution in [0.25, 0.3) is 11.1 Å². The Kier molecular flexibility index (Phi) is 4.76. The summed E-state index contributed by atoms with van der Waals surface area (Å²) in [5, 5.41) is 0. The van der Waals surface area contributed by atoms with Gasteiger partial charge in [0.2, 0.25) is 0 Å². The van der Waals surface area contributed by atoms with Gasteiger partial charge >= 0.3 is 0 Å². The fourth-order valence-corrected chi connectivity index (χ4v) is 3.66. The van der Waals surface area contributed by atoms with Gasteiger partial charge in [0.25, 0.3) is 10.0 Å². The maximum Gasteiger partial charge on any atom is 0.261 e. The highest BCUT2D eigenvalue weighted by Gasteiger charge is 2.16. The molecule has 0 atom stereocenters. The fraction of sp³-hybridized carbons (Fsp3) is 0.100. The van der Waals surface area contributed by atoms with Gasteiger partial charge in [0.05, 0.1) is 17.7 Å². The Bertz CT molecular complexity index is 966. The summed E-state index contributed by atoms with van der Waals surface area (Å²) in [7, 11) is -2.03. The molecule has 3 aromatic carbocycles. The average molecular weight is 353 g/mol. The van der Waals surface area contributed by atoms with Crippen LogP contribution in [0.5, 0.6) is 5.75 Å². The molecule has 0 saturated heterocycles. The van der Waals surface area contributed by atoms with Gasteiger partial charge in [-0.15, -0.1) is 0 Å². The van der Waals surface area contributed by atoms with Crippen LogP contribution in [0.1, 0.15) is 5.56 Å². The van der Waals surface area contributed by atoms with Crippen molar-refractivity contribution in [3.05, 3.63) is 78.4 Å². The summed E-state index contributed by atoms with van der Waals surface area (Å²) in [6.45, 7) is 1.97. The van der Waals surface area contributed by atoms with E-state index in [1.165, 1.54) is 0 Å². The summed E-state index contributed by atoms with van der Waals surface area (Å²) in [5.41, 5.74) is 3.32. The van der Waals surface area contributed by atoms with E-state index < -0.39 is 10.0 Å². The van der Waals surface area contributed by atoms with E-state index in [0.29, 0.717) is 5.69 Å². The van der Waals surface area contributed by atoms with Crippen molar-refractivity contribution in [3.63, 3.8) is 0 Å². The maximum absolute atomic E-state index is 12.6. The number of sulfonamides is 1. The van der Waals surface area contributed by atoms with Crippen molar-refractivity contribution in [2.45, 2.75) is 11.8 Å². The number of aryl methyl sites for hydroxylation is 1. The highest BCUT2D eigenvalue weighted by molar-refractivity contribution is 7.92. The molecule has 0 saturated carbocycles. The van der Waals surface area contributed by atoms with Crippen LogP contribution in [0.15, 0.2) is 77.7 Å². The van der Waals surface area contributed by atoms with Gasteiger partial charge in [-0.2, -0.15) is 0 Å². The van der Waals surface area contributed by atoms with E-state index in [4.69, 9.17) is 4.74 Å². The predicted molar refractivity (Wildman–Crippen MR) is 100 cm³/mol. The Balaban J connectivity index is 2.02. The first-order valence-electron chi connectivity index (χ1n) is 7.82. The van der Waals surface area contributed by atoms with Crippen molar-refractivity contribution in [3.8, 4) is 16.9 Å². The first-order valence-corrected chi connectivity index (χ1v) is 9.31. The van der Waals surface area contributed by atoms with Crippen LogP contribution < -0.4 is 9.46 Å². The Labute approximate surface area is 148 Å². The molecule has 1 N–H and O–H groups in total. The Morgan fingerprint density at radius 3 is 2.20 bits per heavy atom. The van der Waals surface area contributed by atoms with Crippen LogP contribution in [0, 0.1) is 6.92 Å². The molecule has 0 spiro atoms. The molecule has 3 rings (SSSR count). The second-order valence-corrected chi connectivity index (χ2v) is 7.38. The molecular weight excluding hydrogens is 334 g/mol. The van der Waals surface area contributed by atoms with Crippen LogP contribution in [0.3, 0.4) is 0 Å². The summed E-state index contributed by atoms with van der Waals surface area (Å²) in [6.07, 6.45) is 0. The van der Waals surface area contributed by atoms with Crippen molar-refractivity contribution in [2.24, 2.45) is 0 Å². The molecule has 0 aromatic heterocycles. The van der Waals surface area contributed by atoms with E-state index in [0.717, 1.165) is 22.4 Å². The lowest BCUT2D eigenvalue weighted by Crippen LogP contribution is -2.13. The fourth-order valence-electron chi connectivity index (χ4n) is 2.56. The number of anilines is 1. The van der Waals surface area contributed by atoms with Crippen LogP contribution in [-0.2, 0) is 10.0 Å². The van der Waals surface area contributed by atoms with Gasteiger partial charge in [-0.3, -0.25) is 4.72 Å². The minimum absolute atomic E-state index is 0.233. The summed E-state index contributed by atoms with van der Waals surface area (Å²) < 4.78 is 33.2. The second kappa shape index (κ2) is 6.99. The smallest absolute Gasteiger partial charge is 0.261 e. The van der Waals surface area contributed by atoms with Crippen molar-refractivity contribution < 1.29 is 13.2 Å². The molecule has 0 heterocycles. The summed E-state index contributed by atoms with van der Waals surface area (Å²) in [5.74, 6) is 0.753. The van der Waals surface area contributed by atoms with Crippen molar-refractivity contribution >= 4 is 15.7 Å². The molecule has 0 unspecified atom stereocenters. The standard InChI is InChI=1S/C20H19NO3S/c1-15-8-13-20(21-25(22,23)18-6-4-3-5-7-18)19(14-15)16-9-11-17(24-2)12-10-16/h3-14,21H,1-2H3. The van der Waals surface area contributed by atoms with Gasteiger partial charge in [0, 0.05) is 5.56 Å². The minimum Gasteiger partial charge on any atom is -0.497 e. The molecule has 0 bridgehead atoms. The summed E-state index contributed by atoms with van der Waals surface area (Å²) in [6, 6.07) is 21.5. The van der Waals surface area contributed by atoms with Gasteiger partial charge in [0.1, 0.15) is 5.75 Å². The van der Waals surface area contributed by atoms with Crippen molar-refractivity contribution in [2.75, 3.05) is 11.8 Å². The molecular formula is C20H19NO3S. The van der Waals surface area contributed by atoms with Gasteiger partial charge < -0.3 is 4.74 Å². The quantitative estimate of drug-likeness (QED) is 0.736. The monoisotopic (exact) mass is 353 g/mol. The first-order chi connectivity index (χ1) is 12.0. The third kappa shape index (κ3) is 3.83. The molecule has 0 radical (unpaired) electrons. The van der Waals surface area contributed by atoms with E-state index in [9.17, 15) is 8.42 Å². The predicted octanol–water partition coefficient (Wildman–Crippen LogP) is 4.47. The number of hydrogen-bond acceptors (Lipinski definition) is 3. The molecule has 0 fully saturated rings. The van der Waals surface area contributed by atoms with Gasteiger partial charge in [-0.1, -0.05) is 42.0 Å². The van der Waals surface area contributed by atoms with Gasteiger partial charge in [-0.25, -0.2) is 8.42 Å². The molecule has 0 aliphatic rings. The highest BCUT2D eigenvalue weighted by atomic mass is 32.2. The second-order valence-electron chi connectivity index (χ2n) is 5.70. The summed E-state index contributed by atoms with van der Waals surface area (Å²) >= 11 is 0. The van der Waals surface area contributed by atoms with E-state index >= 15 is 0 Å². The third-order valence-electron chi connectivity index (χ3n) is 3.87. The van der Waals surface area contributed by atoms with E-state index in [1.54, 1.807) is 43.5 Å². The van der Waals surface area contributed by atoms with Crippen LogP contribution in [-0.4, -0.2) is 15.5 Å². The highest BCUT2D eigenvalue weighted by Crippen LogP contribution is 2.31. The Morgan fingerprint density at radius 2 is 1.56 bits per heavy atom. The lowest BCUT2D eigenvalue weighted by Gasteiger charge is -2.14. The molecule has 5 heteroatoms. The van der Waals surface area contributed by atoms with Crippen molar-refractivity contribution in [1.29, 1.82) is 0 Å². The molecule has 0 aliphatic carbocycles. The van der Waals surface area contributed by atoms with Crippen LogP contribution in [0.4, 0.5) is 5.69 Å². The lowest BCUT2D eigenvalue weighted by molar-refractivity contribution is 0.415. The molecule has 4 nitrogen and oxygen atoms in total. The number of rotatable bonds is 5. The van der Waals surface area contributed by atoms with Crippen molar-refractivity contribution in [1.82, 2.24) is 0 Å². The zero-order valence-electron chi connectivity index (χ0n) is 14.1. The Morgan fingerprint density at radius 1 is 0.880 bits per heavy atom. The van der Waals surface area contributed by atoms with E-state index in [2.05, 4.69) is 4.72 Å². The average Bonchev–Trinajstić information content (AvgIpc) is 2.64. The van der Waals surface area contributed by atoms with Crippen LogP contribution >= 0.6 is 0 Å². The zero-order valence-corrected chi connectivity index (χ0v) is 14.9. The van der Waals surface area contributed by atoms with Gasteiger partial charge in [0.15, 0.2) is 0 Å². The number of methoxy groups -OCH3 is 1. The molecule has 0 amide bonds. The largest absolute Gasteiger partial charge is 0.497 e. The van der Waals surface area contributed by atoms with E-state index in [1.807, 2.05) is 43.3 Å². The number of benzene rings is 3. The number of nitrogens with one attached hydrogen (secondary N) is 1. The minimum atomic E-state index is -3.64. The lowest BCUT2D eigenvalue weighted by atomic mass is 10.0. The van der Waals surface area contributed by atoms with Crippen LogP contribution in [0.2, 0.25) is 0 Å². The number of ether oxygens (including phenoxy) is 1. The SMILES string of the molecule is COc1ccc(-c2cc(C)ccc2NS(=O)(=O)c2ccccc2)cc1. The molecule has 3 aromatic rings. The molecule has 0 aliphatic heterocycles. The third-order valence-corrected chi connectivity index (χ3v) is 5.26. The first kappa shape index (κ1) is 17.0. The molecule has 128 valence electrons. The maximum atomic E-state index is 12.6.